The third-order valence-electron chi connectivity index (χ3n) is 4.55. The van der Waals surface area contributed by atoms with Gasteiger partial charge >= 0.3 is 0 Å². The molecule has 1 aliphatic rings. The Balaban J connectivity index is 2.19. The van der Waals surface area contributed by atoms with E-state index in [0.717, 1.165) is 17.8 Å². The summed E-state index contributed by atoms with van der Waals surface area (Å²) in [4.78, 5) is 0. The van der Waals surface area contributed by atoms with Crippen LogP contribution in [0.3, 0.4) is 0 Å². The Morgan fingerprint density at radius 1 is 1.19 bits per heavy atom. The van der Waals surface area contributed by atoms with Crippen molar-refractivity contribution >= 4 is 0 Å². The van der Waals surface area contributed by atoms with Gasteiger partial charge in [-0.2, -0.15) is 0 Å². The second-order valence-corrected chi connectivity index (χ2v) is 6.96. The van der Waals surface area contributed by atoms with Crippen molar-refractivity contribution in [3.63, 3.8) is 0 Å². The van der Waals surface area contributed by atoms with Crippen LogP contribution in [-0.2, 0) is 0 Å². The SMILES string of the molecule is CCCC1CC1CC(C)(C)CCC(C)CC. The molecule has 0 saturated heterocycles. The van der Waals surface area contributed by atoms with Crippen LogP contribution in [0.2, 0.25) is 0 Å². The molecule has 0 radical (unpaired) electrons. The predicted octanol–water partition coefficient (Wildman–Crippen LogP) is 5.67. The average molecular weight is 224 g/mol. The molecule has 0 heterocycles. The highest BCUT2D eigenvalue weighted by Gasteiger charge is 2.39. The number of hydrogen-bond donors (Lipinski definition) is 0. The minimum absolute atomic E-state index is 0.594. The van der Waals surface area contributed by atoms with E-state index in [1.54, 1.807) is 0 Å². The van der Waals surface area contributed by atoms with E-state index < -0.39 is 0 Å². The molecule has 1 aliphatic carbocycles. The summed E-state index contributed by atoms with van der Waals surface area (Å²) in [7, 11) is 0. The third kappa shape index (κ3) is 4.89. The molecule has 0 spiro atoms. The molecule has 0 heteroatoms. The smallest absolute Gasteiger partial charge is 0.0351 e. The topological polar surface area (TPSA) is 0 Å². The molecule has 16 heavy (non-hydrogen) atoms. The minimum atomic E-state index is 0.594. The third-order valence-corrected chi connectivity index (χ3v) is 4.55. The van der Waals surface area contributed by atoms with E-state index in [0.29, 0.717) is 5.41 Å². The van der Waals surface area contributed by atoms with Crippen LogP contribution in [0.5, 0.6) is 0 Å². The first-order valence-corrected chi connectivity index (χ1v) is 7.48. The number of hydrogen-bond acceptors (Lipinski definition) is 0. The van der Waals surface area contributed by atoms with Gasteiger partial charge in [0.25, 0.3) is 0 Å². The first-order chi connectivity index (χ1) is 7.48. The van der Waals surface area contributed by atoms with Gasteiger partial charge in [-0.05, 0) is 42.4 Å². The van der Waals surface area contributed by atoms with Gasteiger partial charge in [0.1, 0.15) is 0 Å². The summed E-state index contributed by atoms with van der Waals surface area (Å²) in [6, 6.07) is 0. The van der Waals surface area contributed by atoms with Crippen LogP contribution in [-0.4, -0.2) is 0 Å². The van der Waals surface area contributed by atoms with Gasteiger partial charge in [-0.3, -0.25) is 0 Å². The highest BCUT2D eigenvalue weighted by Crippen LogP contribution is 2.49. The van der Waals surface area contributed by atoms with Crippen LogP contribution < -0.4 is 0 Å². The summed E-state index contributed by atoms with van der Waals surface area (Å²) < 4.78 is 0. The normalized spacial score (nSPS) is 26.8. The lowest BCUT2D eigenvalue weighted by atomic mass is 9.80. The van der Waals surface area contributed by atoms with E-state index in [2.05, 4.69) is 34.6 Å². The molecule has 0 aromatic rings. The minimum Gasteiger partial charge on any atom is -0.0654 e. The first kappa shape index (κ1) is 14.1. The van der Waals surface area contributed by atoms with Crippen LogP contribution in [0.25, 0.3) is 0 Å². The van der Waals surface area contributed by atoms with Crippen molar-refractivity contribution in [3.05, 3.63) is 0 Å². The van der Waals surface area contributed by atoms with Crippen molar-refractivity contribution in [2.24, 2.45) is 23.2 Å². The van der Waals surface area contributed by atoms with Crippen molar-refractivity contribution in [1.29, 1.82) is 0 Å². The van der Waals surface area contributed by atoms with E-state index >= 15 is 0 Å². The maximum absolute atomic E-state index is 2.48. The lowest BCUT2D eigenvalue weighted by molar-refractivity contribution is 0.255. The van der Waals surface area contributed by atoms with Crippen molar-refractivity contribution in [1.82, 2.24) is 0 Å². The molecular weight excluding hydrogens is 192 g/mol. The molecule has 3 atom stereocenters. The maximum atomic E-state index is 2.48. The fraction of sp³-hybridized carbons (Fsp3) is 1.00. The zero-order chi connectivity index (χ0) is 12.2. The van der Waals surface area contributed by atoms with Gasteiger partial charge in [-0.1, -0.05) is 60.3 Å². The summed E-state index contributed by atoms with van der Waals surface area (Å²) in [5, 5.41) is 0. The van der Waals surface area contributed by atoms with Gasteiger partial charge in [-0.15, -0.1) is 0 Å². The highest BCUT2D eigenvalue weighted by atomic mass is 14.4. The maximum Gasteiger partial charge on any atom is -0.0351 e. The second-order valence-electron chi connectivity index (χ2n) is 6.96. The molecule has 1 saturated carbocycles. The molecule has 3 unspecified atom stereocenters. The van der Waals surface area contributed by atoms with Gasteiger partial charge in [-0.25, -0.2) is 0 Å². The van der Waals surface area contributed by atoms with E-state index in [9.17, 15) is 0 Å². The lowest BCUT2D eigenvalue weighted by Crippen LogP contribution is -2.14. The van der Waals surface area contributed by atoms with Crippen molar-refractivity contribution in [2.75, 3.05) is 0 Å². The fourth-order valence-electron chi connectivity index (χ4n) is 2.94. The molecule has 0 aromatic heterocycles. The molecule has 0 N–H and O–H groups in total. The predicted molar refractivity (Wildman–Crippen MR) is 73.6 cm³/mol. The highest BCUT2D eigenvalue weighted by molar-refractivity contribution is 4.89. The Labute approximate surface area is 103 Å². The van der Waals surface area contributed by atoms with Crippen LogP contribution in [0.1, 0.15) is 79.6 Å². The Kier molecular flexibility index (Phi) is 5.34. The van der Waals surface area contributed by atoms with Gasteiger partial charge in [0.2, 0.25) is 0 Å². The van der Waals surface area contributed by atoms with Gasteiger partial charge in [0, 0.05) is 0 Å². The monoisotopic (exact) mass is 224 g/mol. The largest absolute Gasteiger partial charge is 0.0654 e. The Hall–Kier alpha value is 0. The molecule has 0 aromatic carbocycles. The first-order valence-electron chi connectivity index (χ1n) is 7.48. The summed E-state index contributed by atoms with van der Waals surface area (Å²) >= 11 is 0. The van der Waals surface area contributed by atoms with Crippen molar-refractivity contribution in [2.45, 2.75) is 79.6 Å². The van der Waals surface area contributed by atoms with Crippen molar-refractivity contribution < 1.29 is 0 Å². The van der Waals surface area contributed by atoms with Crippen LogP contribution in [0, 0.1) is 23.2 Å². The van der Waals surface area contributed by atoms with Crippen LogP contribution in [0.15, 0.2) is 0 Å². The standard InChI is InChI=1S/C16H32/c1-6-8-14-11-15(14)12-16(4,5)10-9-13(3)7-2/h13-15H,6-12H2,1-5H3. The molecule has 1 rings (SSSR count). The zero-order valence-electron chi connectivity index (χ0n) is 12.2. The van der Waals surface area contributed by atoms with E-state index in [1.165, 1.54) is 44.9 Å². The Morgan fingerprint density at radius 2 is 1.88 bits per heavy atom. The van der Waals surface area contributed by atoms with E-state index in [-0.39, 0.29) is 0 Å². The quantitative estimate of drug-likeness (QED) is 0.498. The molecule has 96 valence electrons. The lowest BCUT2D eigenvalue weighted by Gasteiger charge is -2.26. The summed E-state index contributed by atoms with van der Waals surface area (Å²) in [6.45, 7) is 12.0. The molecular formula is C16H32. The molecule has 0 amide bonds. The van der Waals surface area contributed by atoms with Gasteiger partial charge in [0.15, 0.2) is 0 Å². The molecule has 0 bridgehead atoms. The zero-order valence-corrected chi connectivity index (χ0v) is 12.2. The molecule has 0 aliphatic heterocycles. The van der Waals surface area contributed by atoms with E-state index in [1.807, 2.05) is 0 Å². The number of rotatable bonds is 8. The average Bonchev–Trinajstić information content (AvgIpc) is 2.92. The summed E-state index contributed by atoms with van der Waals surface area (Å²) in [5.74, 6) is 3.09. The summed E-state index contributed by atoms with van der Waals surface area (Å²) in [6.07, 6.45) is 10.1. The second kappa shape index (κ2) is 6.07. The van der Waals surface area contributed by atoms with Crippen LogP contribution in [0.4, 0.5) is 0 Å². The summed E-state index contributed by atoms with van der Waals surface area (Å²) in [5.41, 5.74) is 0.594. The Bertz CT molecular complexity index is 192. The molecule has 1 fully saturated rings. The Morgan fingerprint density at radius 3 is 2.44 bits per heavy atom. The molecule has 0 nitrogen and oxygen atoms in total. The fourth-order valence-corrected chi connectivity index (χ4v) is 2.94. The van der Waals surface area contributed by atoms with Gasteiger partial charge in [0.05, 0.1) is 0 Å². The van der Waals surface area contributed by atoms with Crippen LogP contribution >= 0.6 is 0 Å². The van der Waals surface area contributed by atoms with E-state index in [4.69, 9.17) is 0 Å². The van der Waals surface area contributed by atoms with Crippen molar-refractivity contribution in [3.8, 4) is 0 Å². The van der Waals surface area contributed by atoms with Gasteiger partial charge < -0.3 is 0 Å².